The van der Waals surface area contributed by atoms with E-state index in [1.54, 1.807) is 0 Å². The van der Waals surface area contributed by atoms with Gasteiger partial charge in [-0.3, -0.25) is 9.59 Å². The van der Waals surface area contributed by atoms with Gasteiger partial charge in [-0.05, 0) is 23.3 Å². The number of benzene rings is 1. The van der Waals surface area contributed by atoms with E-state index in [-0.39, 0.29) is 23.2 Å². The topological polar surface area (TPSA) is 37.4 Å². The van der Waals surface area contributed by atoms with Crippen molar-refractivity contribution in [3.8, 4) is 0 Å². The highest BCUT2D eigenvalue weighted by Gasteiger charge is 2.35. The first-order valence-electron chi connectivity index (χ1n) is 8.61. The Morgan fingerprint density at radius 2 is 1.87 bits per heavy atom. The molecule has 2 rings (SSSR count). The van der Waals surface area contributed by atoms with Gasteiger partial charge in [-0.15, -0.1) is 0 Å². The minimum absolute atomic E-state index is 0.0150. The van der Waals surface area contributed by atoms with Crippen LogP contribution < -0.4 is 0 Å². The van der Waals surface area contributed by atoms with E-state index >= 15 is 0 Å². The Balaban J connectivity index is 2.15. The number of Topliss-reactive ketones (excluding diaryl/α,β-unsaturated/α-hetero) is 1. The molecule has 0 aliphatic heterocycles. The van der Waals surface area contributed by atoms with Crippen LogP contribution >= 0.6 is 0 Å². The summed E-state index contributed by atoms with van der Waals surface area (Å²) in [6.45, 7) is 9.90. The van der Waals surface area contributed by atoms with Crippen LogP contribution in [0.2, 0.25) is 0 Å². The summed E-state index contributed by atoms with van der Waals surface area (Å²) in [6, 6.07) is 10.1. The van der Waals surface area contributed by atoms with Crippen molar-refractivity contribution in [1.82, 2.24) is 4.90 Å². The predicted molar refractivity (Wildman–Crippen MR) is 92.8 cm³/mol. The van der Waals surface area contributed by atoms with Gasteiger partial charge < -0.3 is 4.90 Å². The second-order valence-electron chi connectivity index (χ2n) is 8.11. The van der Waals surface area contributed by atoms with Crippen LogP contribution in [0, 0.1) is 17.3 Å². The fourth-order valence-corrected chi connectivity index (χ4v) is 3.39. The van der Waals surface area contributed by atoms with Crippen molar-refractivity contribution in [2.75, 3.05) is 6.54 Å². The molecular formula is C20H29NO2. The standard InChI is InChI=1S/C20H29NO2/c1-15-12-17(22)10-11-18(15)19(23)21(14-20(2,3)4)13-16-8-6-5-7-9-16/h5-9,15,18H,10-14H2,1-4H3/t15-,18-/m1/s1. The second kappa shape index (κ2) is 7.29. The number of carbonyl (C=O) groups is 2. The van der Waals surface area contributed by atoms with E-state index in [0.29, 0.717) is 31.6 Å². The van der Waals surface area contributed by atoms with Crippen LogP contribution in [0.5, 0.6) is 0 Å². The highest BCUT2D eigenvalue weighted by Crippen LogP contribution is 2.31. The smallest absolute Gasteiger partial charge is 0.226 e. The average Bonchev–Trinajstić information content (AvgIpc) is 2.45. The second-order valence-corrected chi connectivity index (χ2v) is 8.11. The Bertz CT molecular complexity index is 545. The van der Waals surface area contributed by atoms with Crippen LogP contribution in [-0.4, -0.2) is 23.1 Å². The molecule has 1 aromatic carbocycles. The SMILES string of the molecule is C[C@@H]1CC(=O)CC[C@H]1C(=O)N(Cc1ccccc1)CC(C)(C)C. The molecule has 2 atom stereocenters. The average molecular weight is 315 g/mol. The van der Waals surface area contributed by atoms with Crippen molar-refractivity contribution in [2.24, 2.45) is 17.3 Å². The zero-order chi connectivity index (χ0) is 17.0. The molecule has 126 valence electrons. The largest absolute Gasteiger partial charge is 0.338 e. The minimum atomic E-state index is -0.0150. The lowest BCUT2D eigenvalue weighted by atomic mass is 9.78. The summed E-state index contributed by atoms with van der Waals surface area (Å²) in [6.07, 6.45) is 1.80. The minimum Gasteiger partial charge on any atom is -0.338 e. The third kappa shape index (κ3) is 5.19. The van der Waals surface area contributed by atoms with Crippen LogP contribution in [0.3, 0.4) is 0 Å². The molecule has 1 fully saturated rings. The number of hydrogen-bond donors (Lipinski definition) is 0. The lowest BCUT2D eigenvalue weighted by Crippen LogP contribution is -2.44. The fraction of sp³-hybridized carbons (Fsp3) is 0.600. The molecule has 3 heteroatoms. The van der Waals surface area contributed by atoms with Crippen molar-refractivity contribution < 1.29 is 9.59 Å². The van der Waals surface area contributed by atoms with Gasteiger partial charge in [0.25, 0.3) is 0 Å². The van der Waals surface area contributed by atoms with Crippen LogP contribution in [0.15, 0.2) is 30.3 Å². The molecule has 0 aromatic heterocycles. The zero-order valence-electron chi connectivity index (χ0n) is 14.8. The summed E-state index contributed by atoms with van der Waals surface area (Å²) >= 11 is 0. The predicted octanol–water partition coefficient (Wildman–Crippen LogP) is 4.07. The molecule has 23 heavy (non-hydrogen) atoms. The van der Waals surface area contributed by atoms with Crippen molar-refractivity contribution >= 4 is 11.7 Å². The molecule has 1 aromatic rings. The normalized spacial score (nSPS) is 22.0. The summed E-state index contributed by atoms with van der Waals surface area (Å²) < 4.78 is 0. The third-order valence-electron chi connectivity index (χ3n) is 4.48. The lowest BCUT2D eigenvalue weighted by molar-refractivity contribution is -0.141. The van der Waals surface area contributed by atoms with Gasteiger partial charge in [0.15, 0.2) is 0 Å². The van der Waals surface area contributed by atoms with Crippen LogP contribution in [0.25, 0.3) is 0 Å². The van der Waals surface area contributed by atoms with Crippen LogP contribution in [-0.2, 0) is 16.1 Å². The highest BCUT2D eigenvalue weighted by atomic mass is 16.2. The quantitative estimate of drug-likeness (QED) is 0.840. The fourth-order valence-electron chi connectivity index (χ4n) is 3.39. The van der Waals surface area contributed by atoms with Gasteiger partial charge in [-0.25, -0.2) is 0 Å². The van der Waals surface area contributed by atoms with E-state index in [1.165, 1.54) is 0 Å². The maximum Gasteiger partial charge on any atom is 0.226 e. The van der Waals surface area contributed by atoms with Crippen LogP contribution in [0.1, 0.15) is 52.5 Å². The summed E-state index contributed by atoms with van der Waals surface area (Å²) in [5, 5.41) is 0. The first-order valence-corrected chi connectivity index (χ1v) is 8.61. The molecule has 1 aliphatic carbocycles. The monoisotopic (exact) mass is 315 g/mol. The molecule has 0 unspecified atom stereocenters. The number of hydrogen-bond acceptors (Lipinski definition) is 2. The van der Waals surface area contributed by atoms with Gasteiger partial charge in [-0.1, -0.05) is 58.0 Å². The molecule has 0 bridgehead atoms. The zero-order valence-corrected chi connectivity index (χ0v) is 14.8. The van der Waals surface area contributed by atoms with Gasteiger partial charge in [-0.2, -0.15) is 0 Å². The summed E-state index contributed by atoms with van der Waals surface area (Å²) in [4.78, 5) is 26.7. The molecule has 1 aliphatic rings. The molecule has 1 saturated carbocycles. The number of amides is 1. The maximum absolute atomic E-state index is 13.1. The van der Waals surface area contributed by atoms with E-state index in [1.807, 2.05) is 30.0 Å². The summed E-state index contributed by atoms with van der Waals surface area (Å²) in [7, 11) is 0. The number of carbonyl (C=O) groups excluding carboxylic acids is 2. The molecule has 1 amide bonds. The Kier molecular flexibility index (Phi) is 5.61. The highest BCUT2D eigenvalue weighted by molar-refractivity contribution is 5.85. The van der Waals surface area contributed by atoms with E-state index < -0.39 is 0 Å². The Morgan fingerprint density at radius 3 is 2.43 bits per heavy atom. The first kappa shape index (κ1) is 17.7. The van der Waals surface area contributed by atoms with E-state index in [4.69, 9.17) is 0 Å². The van der Waals surface area contributed by atoms with Crippen molar-refractivity contribution in [3.05, 3.63) is 35.9 Å². The number of nitrogens with zero attached hydrogens (tertiary/aromatic N) is 1. The van der Waals surface area contributed by atoms with Crippen molar-refractivity contribution in [1.29, 1.82) is 0 Å². The molecule has 0 spiro atoms. The van der Waals surface area contributed by atoms with Crippen LogP contribution in [0.4, 0.5) is 0 Å². The Hall–Kier alpha value is -1.64. The summed E-state index contributed by atoms with van der Waals surface area (Å²) in [5.41, 5.74) is 1.21. The van der Waals surface area contributed by atoms with Gasteiger partial charge in [0.1, 0.15) is 5.78 Å². The summed E-state index contributed by atoms with van der Waals surface area (Å²) in [5.74, 6) is 0.650. The van der Waals surface area contributed by atoms with Gasteiger partial charge >= 0.3 is 0 Å². The molecule has 3 nitrogen and oxygen atoms in total. The molecule has 0 N–H and O–H groups in total. The molecule has 0 saturated heterocycles. The van der Waals surface area contributed by atoms with E-state index in [0.717, 1.165) is 12.1 Å². The van der Waals surface area contributed by atoms with Crippen molar-refractivity contribution in [3.63, 3.8) is 0 Å². The van der Waals surface area contributed by atoms with Crippen molar-refractivity contribution in [2.45, 2.75) is 53.5 Å². The van der Waals surface area contributed by atoms with E-state index in [2.05, 4.69) is 32.9 Å². The van der Waals surface area contributed by atoms with E-state index in [9.17, 15) is 9.59 Å². The molecular weight excluding hydrogens is 286 g/mol. The van der Waals surface area contributed by atoms with Gasteiger partial charge in [0.2, 0.25) is 5.91 Å². The third-order valence-corrected chi connectivity index (χ3v) is 4.48. The first-order chi connectivity index (χ1) is 10.8. The number of rotatable bonds is 4. The maximum atomic E-state index is 13.1. The van der Waals surface area contributed by atoms with Gasteiger partial charge in [0.05, 0.1) is 0 Å². The Labute approximate surface area is 140 Å². The Morgan fingerprint density at radius 1 is 1.22 bits per heavy atom. The lowest BCUT2D eigenvalue weighted by Gasteiger charge is -2.36. The molecule has 0 heterocycles. The van der Waals surface area contributed by atoms with Gasteiger partial charge in [0, 0.05) is 31.8 Å². The molecule has 0 radical (unpaired) electrons. The number of ketones is 1.